The summed E-state index contributed by atoms with van der Waals surface area (Å²) >= 11 is 0. The van der Waals surface area contributed by atoms with Crippen molar-refractivity contribution in [2.75, 3.05) is 25.0 Å². The van der Waals surface area contributed by atoms with Crippen LogP contribution < -0.4 is 10.6 Å². The summed E-state index contributed by atoms with van der Waals surface area (Å²) in [5, 5.41) is 5.23. The molecule has 2 N–H and O–H groups in total. The van der Waals surface area contributed by atoms with Crippen molar-refractivity contribution >= 4 is 23.4 Å². The van der Waals surface area contributed by atoms with Crippen LogP contribution in [-0.2, 0) is 14.4 Å². The Hall–Kier alpha value is -2.37. The minimum Gasteiger partial charge on any atom is -0.345 e. The Kier molecular flexibility index (Phi) is 8.42. The van der Waals surface area contributed by atoms with Crippen LogP contribution in [0.5, 0.6) is 0 Å². The number of benzene rings is 1. The normalized spacial score (nSPS) is 10.0. The third kappa shape index (κ3) is 7.44. The lowest BCUT2D eigenvalue weighted by atomic mass is 10.2. The number of nitrogens with zero attached hydrogens (tertiary/aromatic N) is 1. The molecular formula is C17H25N3O3. The minimum absolute atomic E-state index is 0.00864. The van der Waals surface area contributed by atoms with E-state index in [1.54, 1.807) is 12.1 Å². The second-order valence-corrected chi connectivity index (χ2v) is 5.26. The second kappa shape index (κ2) is 10.4. The van der Waals surface area contributed by atoms with Crippen molar-refractivity contribution in [3.05, 3.63) is 30.3 Å². The first-order valence-corrected chi connectivity index (χ1v) is 7.96. The summed E-state index contributed by atoms with van der Waals surface area (Å²) in [4.78, 5) is 37.1. The molecule has 0 aromatic heterocycles. The highest BCUT2D eigenvalue weighted by atomic mass is 16.2. The number of nitrogens with one attached hydrogen (secondary N) is 2. The SMILES string of the molecule is CCCC(=O)N(CCC)CC(=O)NCC(=O)Nc1ccccc1. The lowest BCUT2D eigenvalue weighted by Crippen LogP contribution is -2.43. The van der Waals surface area contributed by atoms with E-state index < -0.39 is 0 Å². The van der Waals surface area contributed by atoms with Crippen LogP contribution in [0.15, 0.2) is 30.3 Å². The fourth-order valence-electron chi connectivity index (χ4n) is 2.07. The van der Waals surface area contributed by atoms with Crippen molar-refractivity contribution in [2.24, 2.45) is 0 Å². The van der Waals surface area contributed by atoms with E-state index in [1.807, 2.05) is 32.0 Å². The maximum Gasteiger partial charge on any atom is 0.243 e. The third-order valence-electron chi connectivity index (χ3n) is 3.15. The predicted molar refractivity (Wildman–Crippen MR) is 89.9 cm³/mol. The summed E-state index contributed by atoms with van der Waals surface area (Å²) in [5.74, 6) is -0.657. The van der Waals surface area contributed by atoms with Crippen molar-refractivity contribution in [2.45, 2.75) is 33.1 Å². The summed E-state index contributed by atoms with van der Waals surface area (Å²) < 4.78 is 0. The van der Waals surface area contributed by atoms with Gasteiger partial charge in [-0.25, -0.2) is 0 Å². The molecule has 0 saturated heterocycles. The number of anilines is 1. The Morgan fingerprint density at radius 3 is 2.30 bits per heavy atom. The highest BCUT2D eigenvalue weighted by molar-refractivity contribution is 5.95. The molecular weight excluding hydrogens is 294 g/mol. The van der Waals surface area contributed by atoms with Crippen molar-refractivity contribution in [3.63, 3.8) is 0 Å². The number of para-hydroxylation sites is 1. The Balaban J connectivity index is 2.39. The Morgan fingerprint density at radius 2 is 1.70 bits per heavy atom. The molecule has 0 radical (unpaired) electrons. The van der Waals surface area contributed by atoms with Gasteiger partial charge in [0, 0.05) is 18.7 Å². The highest BCUT2D eigenvalue weighted by Crippen LogP contribution is 2.04. The van der Waals surface area contributed by atoms with Gasteiger partial charge in [-0.15, -0.1) is 0 Å². The monoisotopic (exact) mass is 319 g/mol. The molecule has 0 unspecified atom stereocenters. The van der Waals surface area contributed by atoms with Crippen LogP contribution in [0.2, 0.25) is 0 Å². The van der Waals surface area contributed by atoms with Gasteiger partial charge in [0.1, 0.15) is 0 Å². The molecule has 0 aliphatic rings. The van der Waals surface area contributed by atoms with Gasteiger partial charge in [-0.2, -0.15) is 0 Å². The van der Waals surface area contributed by atoms with Gasteiger partial charge in [0.05, 0.1) is 13.1 Å². The molecule has 3 amide bonds. The van der Waals surface area contributed by atoms with Crippen molar-refractivity contribution < 1.29 is 14.4 Å². The fourth-order valence-corrected chi connectivity index (χ4v) is 2.07. The average Bonchev–Trinajstić information content (AvgIpc) is 2.54. The van der Waals surface area contributed by atoms with Crippen LogP contribution in [0, 0.1) is 0 Å². The first-order chi connectivity index (χ1) is 11.1. The van der Waals surface area contributed by atoms with Crippen LogP contribution in [0.3, 0.4) is 0 Å². The van der Waals surface area contributed by atoms with Gasteiger partial charge in [0.15, 0.2) is 0 Å². The van der Waals surface area contributed by atoms with Gasteiger partial charge in [0.25, 0.3) is 0 Å². The van der Waals surface area contributed by atoms with Gasteiger partial charge < -0.3 is 15.5 Å². The highest BCUT2D eigenvalue weighted by Gasteiger charge is 2.16. The molecule has 0 fully saturated rings. The quantitative estimate of drug-likeness (QED) is 0.728. The molecule has 0 aliphatic heterocycles. The van der Waals surface area contributed by atoms with E-state index in [0.717, 1.165) is 12.8 Å². The van der Waals surface area contributed by atoms with Gasteiger partial charge in [-0.3, -0.25) is 14.4 Å². The predicted octanol–water partition coefficient (Wildman–Crippen LogP) is 1.78. The third-order valence-corrected chi connectivity index (χ3v) is 3.15. The summed E-state index contributed by atoms with van der Waals surface area (Å²) in [6.07, 6.45) is 1.97. The lowest BCUT2D eigenvalue weighted by Gasteiger charge is -2.21. The summed E-state index contributed by atoms with van der Waals surface area (Å²) in [6, 6.07) is 9.03. The topological polar surface area (TPSA) is 78.5 Å². The van der Waals surface area contributed by atoms with E-state index in [-0.39, 0.29) is 30.8 Å². The van der Waals surface area contributed by atoms with E-state index >= 15 is 0 Å². The van der Waals surface area contributed by atoms with Crippen LogP contribution in [0.1, 0.15) is 33.1 Å². The molecule has 0 atom stereocenters. The van der Waals surface area contributed by atoms with Crippen LogP contribution >= 0.6 is 0 Å². The van der Waals surface area contributed by atoms with Gasteiger partial charge in [-0.1, -0.05) is 32.0 Å². The lowest BCUT2D eigenvalue weighted by molar-refractivity contribution is -0.136. The molecule has 6 nitrogen and oxygen atoms in total. The van der Waals surface area contributed by atoms with Crippen LogP contribution in [-0.4, -0.2) is 42.3 Å². The minimum atomic E-state index is -0.328. The maximum absolute atomic E-state index is 11.9. The molecule has 1 rings (SSSR count). The zero-order chi connectivity index (χ0) is 17.1. The first-order valence-electron chi connectivity index (χ1n) is 7.96. The molecule has 1 aromatic rings. The largest absolute Gasteiger partial charge is 0.345 e. The number of carbonyl (C=O) groups is 3. The van der Waals surface area contributed by atoms with Crippen LogP contribution in [0.4, 0.5) is 5.69 Å². The van der Waals surface area contributed by atoms with E-state index in [2.05, 4.69) is 10.6 Å². The Labute approximate surface area is 137 Å². The molecule has 23 heavy (non-hydrogen) atoms. The maximum atomic E-state index is 11.9. The summed E-state index contributed by atoms with van der Waals surface area (Å²) in [7, 11) is 0. The van der Waals surface area contributed by atoms with Crippen molar-refractivity contribution in [1.82, 2.24) is 10.2 Å². The molecule has 126 valence electrons. The van der Waals surface area contributed by atoms with E-state index in [1.165, 1.54) is 4.90 Å². The smallest absolute Gasteiger partial charge is 0.243 e. The van der Waals surface area contributed by atoms with Gasteiger partial charge >= 0.3 is 0 Å². The average molecular weight is 319 g/mol. The zero-order valence-electron chi connectivity index (χ0n) is 13.8. The zero-order valence-corrected chi connectivity index (χ0v) is 13.8. The second-order valence-electron chi connectivity index (χ2n) is 5.26. The van der Waals surface area contributed by atoms with Gasteiger partial charge in [0.2, 0.25) is 17.7 Å². The number of carbonyl (C=O) groups excluding carboxylic acids is 3. The molecule has 0 heterocycles. The first kappa shape index (κ1) is 18.7. The van der Waals surface area contributed by atoms with Crippen molar-refractivity contribution in [3.8, 4) is 0 Å². The Bertz CT molecular complexity index is 517. The molecule has 6 heteroatoms. The molecule has 0 aliphatic carbocycles. The summed E-state index contributed by atoms with van der Waals surface area (Å²) in [5.41, 5.74) is 0.678. The number of rotatable bonds is 9. The standard InChI is InChI=1S/C17H25N3O3/c1-3-8-17(23)20(11-4-2)13-16(22)18-12-15(21)19-14-9-6-5-7-10-14/h5-7,9-10H,3-4,8,11-13H2,1-2H3,(H,18,22)(H,19,21). The number of hydrogen-bond donors (Lipinski definition) is 2. The van der Waals surface area contributed by atoms with E-state index in [0.29, 0.717) is 18.7 Å². The van der Waals surface area contributed by atoms with Crippen LogP contribution in [0.25, 0.3) is 0 Å². The molecule has 1 aromatic carbocycles. The Morgan fingerprint density at radius 1 is 1.00 bits per heavy atom. The van der Waals surface area contributed by atoms with Gasteiger partial charge in [-0.05, 0) is 25.0 Å². The number of hydrogen-bond acceptors (Lipinski definition) is 3. The van der Waals surface area contributed by atoms with E-state index in [4.69, 9.17) is 0 Å². The van der Waals surface area contributed by atoms with Crippen molar-refractivity contribution in [1.29, 1.82) is 0 Å². The fraction of sp³-hybridized carbons (Fsp3) is 0.471. The molecule has 0 saturated carbocycles. The molecule has 0 spiro atoms. The molecule has 0 bridgehead atoms. The number of amides is 3. The summed E-state index contributed by atoms with van der Waals surface area (Å²) in [6.45, 7) is 4.30. The van der Waals surface area contributed by atoms with E-state index in [9.17, 15) is 14.4 Å².